The summed E-state index contributed by atoms with van der Waals surface area (Å²) in [6, 6.07) is 0. The minimum atomic E-state index is -1.40. The monoisotopic (exact) mass is 286 g/mol. The Hall–Kier alpha value is -1.26. The molecule has 0 aliphatic rings. The molecule has 0 aliphatic carbocycles. The normalized spacial score (nSPS) is 14.4. The molecular formula is C15H28NO4-. The summed E-state index contributed by atoms with van der Waals surface area (Å²) in [5.74, 6) is -0.403. The molecule has 5 heteroatoms. The molecule has 2 unspecified atom stereocenters. The summed E-state index contributed by atoms with van der Waals surface area (Å²) in [7, 11) is 0. The molecule has 0 aromatic heterocycles. The second-order valence-electron chi connectivity index (χ2n) is 6.88. The lowest BCUT2D eigenvalue weighted by atomic mass is 9.83. The molecule has 0 saturated carbocycles. The number of rotatable bonds is 8. The van der Waals surface area contributed by atoms with E-state index < -0.39 is 18.7 Å². The van der Waals surface area contributed by atoms with Crippen LogP contribution in [0.15, 0.2) is 0 Å². The van der Waals surface area contributed by atoms with Crippen molar-refractivity contribution >= 4 is 12.1 Å². The van der Waals surface area contributed by atoms with Gasteiger partial charge in [0, 0.05) is 6.54 Å². The van der Waals surface area contributed by atoms with Gasteiger partial charge in [-0.3, -0.25) is 0 Å². The van der Waals surface area contributed by atoms with Gasteiger partial charge in [-0.05, 0) is 30.1 Å². The van der Waals surface area contributed by atoms with Crippen LogP contribution in [0.2, 0.25) is 0 Å². The zero-order valence-electron chi connectivity index (χ0n) is 13.3. The predicted octanol–water partition coefficient (Wildman–Crippen LogP) is 1.95. The van der Waals surface area contributed by atoms with Crippen molar-refractivity contribution in [1.82, 2.24) is 5.32 Å². The van der Waals surface area contributed by atoms with Crippen LogP contribution in [0.5, 0.6) is 0 Å². The highest BCUT2D eigenvalue weighted by molar-refractivity contribution is 5.72. The minimum Gasteiger partial charge on any atom is -0.546 e. The average Bonchev–Trinajstić information content (AvgIpc) is 2.29. The third-order valence-electron chi connectivity index (χ3n) is 3.03. The van der Waals surface area contributed by atoms with Gasteiger partial charge in [0.1, 0.15) is 6.61 Å². The lowest BCUT2D eigenvalue weighted by Gasteiger charge is -2.24. The van der Waals surface area contributed by atoms with E-state index in [1.807, 2.05) is 0 Å². The van der Waals surface area contributed by atoms with Crippen LogP contribution >= 0.6 is 0 Å². The van der Waals surface area contributed by atoms with Gasteiger partial charge in [-0.2, -0.15) is 0 Å². The van der Waals surface area contributed by atoms with E-state index in [1.165, 1.54) is 6.42 Å². The number of hydrogen-bond acceptors (Lipinski definition) is 4. The number of aliphatic carboxylic acids is 1. The number of carbonyl (C=O) groups excluding carboxylic acids is 2. The van der Waals surface area contributed by atoms with Crippen molar-refractivity contribution in [2.75, 3.05) is 13.2 Å². The summed E-state index contributed by atoms with van der Waals surface area (Å²) in [5, 5.41) is 12.7. The number of alkyl carbamates (subject to hydrolysis) is 1. The van der Waals surface area contributed by atoms with Crippen LogP contribution < -0.4 is 10.4 Å². The predicted molar refractivity (Wildman–Crippen MR) is 76.0 cm³/mol. The number of nitrogens with one attached hydrogen (secondary N) is 1. The highest BCUT2D eigenvalue weighted by Gasteiger charge is 2.16. The topological polar surface area (TPSA) is 78.5 Å². The lowest BCUT2D eigenvalue weighted by Crippen LogP contribution is -2.34. The maximum atomic E-state index is 11.2. The van der Waals surface area contributed by atoms with Crippen LogP contribution in [0.25, 0.3) is 0 Å². The van der Waals surface area contributed by atoms with E-state index >= 15 is 0 Å². The van der Waals surface area contributed by atoms with E-state index in [1.54, 1.807) is 0 Å². The van der Waals surface area contributed by atoms with Gasteiger partial charge in [-0.15, -0.1) is 0 Å². The molecule has 0 heterocycles. The summed E-state index contributed by atoms with van der Waals surface area (Å²) < 4.78 is 4.43. The molecule has 1 N–H and O–H groups in total. The molecule has 0 saturated heterocycles. The fourth-order valence-electron chi connectivity index (χ4n) is 2.25. The lowest BCUT2D eigenvalue weighted by molar-refractivity contribution is -0.308. The van der Waals surface area contributed by atoms with Gasteiger partial charge in [-0.25, -0.2) is 4.79 Å². The number of carboxylic acids is 1. The first kappa shape index (κ1) is 18.7. The number of ether oxygens (including phenoxy) is 1. The summed E-state index contributed by atoms with van der Waals surface area (Å²) >= 11 is 0. The van der Waals surface area contributed by atoms with Crippen LogP contribution in [-0.2, 0) is 9.53 Å². The van der Waals surface area contributed by atoms with Gasteiger partial charge in [0.15, 0.2) is 0 Å². The van der Waals surface area contributed by atoms with E-state index in [4.69, 9.17) is 0 Å². The second kappa shape index (κ2) is 8.82. The van der Waals surface area contributed by atoms with Crippen LogP contribution in [0.1, 0.15) is 53.9 Å². The van der Waals surface area contributed by atoms with Crippen molar-refractivity contribution < 1.29 is 19.4 Å². The van der Waals surface area contributed by atoms with Gasteiger partial charge in [0.2, 0.25) is 0 Å². The SMILES string of the molecule is CC(CCC(C)CC(C)(C)C)CNC(=O)OCC(=O)[O-]. The van der Waals surface area contributed by atoms with Crippen molar-refractivity contribution in [1.29, 1.82) is 0 Å². The molecule has 118 valence electrons. The molecule has 1 amide bonds. The van der Waals surface area contributed by atoms with Gasteiger partial charge < -0.3 is 20.0 Å². The standard InChI is InChI=1S/C15H29NO4/c1-11(8-15(3,4)5)6-7-12(2)9-16-14(19)20-10-13(17)18/h11-12H,6-10H2,1-5H3,(H,16,19)(H,17,18)/p-1. The molecular weight excluding hydrogens is 258 g/mol. The van der Waals surface area contributed by atoms with Crippen LogP contribution in [0, 0.1) is 17.3 Å². The molecule has 0 bridgehead atoms. The Kier molecular flexibility index (Phi) is 8.26. The Balaban J connectivity index is 3.75. The summed E-state index contributed by atoms with van der Waals surface area (Å²) in [6.45, 7) is 10.8. The first-order chi connectivity index (χ1) is 9.10. The molecule has 0 spiro atoms. The maximum Gasteiger partial charge on any atom is 0.407 e. The molecule has 5 nitrogen and oxygen atoms in total. The van der Waals surface area contributed by atoms with Crippen molar-refractivity contribution in [2.45, 2.75) is 53.9 Å². The van der Waals surface area contributed by atoms with Crippen LogP contribution in [-0.4, -0.2) is 25.2 Å². The Morgan fingerprint density at radius 1 is 1.15 bits per heavy atom. The van der Waals surface area contributed by atoms with Crippen molar-refractivity contribution in [3.8, 4) is 0 Å². The Bertz CT molecular complexity index is 309. The van der Waals surface area contributed by atoms with Crippen molar-refractivity contribution in [2.24, 2.45) is 17.3 Å². The smallest absolute Gasteiger partial charge is 0.407 e. The van der Waals surface area contributed by atoms with E-state index in [2.05, 4.69) is 44.7 Å². The molecule has 0 rings (SSSR count). The van der Waals surface area contributed by atoms with Crippen LogP contribution in [0.3, 0.4) is 0 Å². The first-order valence-electron chi connectivity index (χ1n) is 7.20. The zero-order valence-corrected chi connectivity index (χ0v) is 13.3. The van der Waals surface area contributed by atoms with Gasteiger partial charge in [0.25, 0.3) is 0 Å². The summed E-state index contributed by atoms with van der Waals surface area (Å²) in [4.78, 5) is 21.3. The molecule has 0 radical (unpaired) electrons. The summed E-state index contributed by atoms with van der Waals surface area (Å²) in [5.41, 5.74) is 0.343. The van der Waals surface area contributed by atoms with Gasteiger partial charge in [-0.1, -0.05) is 41.0 Å². The Morgan fingerprint density at radius 3 is 2.20 bits per heavy atom. The van der Waals surface area contributed by atoms with E-state index in [-0.39, 0.29) is 0 Å². The highest BCUT2D eigenvalue weighted by Crippen LogP contribution is 2.27. The average molecular weight is 286 g/mol. The molecule has 0 fully saturated rings. The van der Waals surface area contributed by atoms with Gasteiger partial charge in [0.05, 0.1) is 5.97 Å². The molecule has 0 aliphatic heterocycles. The highest BCUT2D eigenvalue weighted by atomic mass is 16.6. The number of amides is 1. The van der Waals surface area contributed by atoms with Crippen molar-refractivity contribution in [3.05, 3.63) is 0 Å². The first-order valence-corrected chi connectivity index (χ1v) is 7.20. The van der Waals surface area contributed by atoms with Crippen molar-refractivity contribution in [3.63, 3.8) is 0 Å². The number of carbonyl (C=O) groups is 2. The zero-order chi connectivity index (χ0) is 15.8. The van der Waals surface area contributed by atoms with Crippen LogP contribution in [0.4, 0.5) is 4.79 Å². The third kappa shape index (κ3) is 11.8. The number of hydrogen-bond donors (Lipinski definition) is 1. The van der Waals surface area contributed by atoms with E-state index in [0.717, 1.165) is 12.8 Å². The maximum absolute atomic E-state index is 11.2. The van der Waals surface area contributed by atoms with E-state index in [0.29, 0.717) is 23.8 Å². The van der Waals surface area contributed by atoms with E-state index in [9.17, 15) is 14.7 Å². The quantitative estimate of drug-likeness (QED) is 0.739. The molecule has 0 aromatic carbocycles. The minimum absolute atomic E-state index is 0.341. The fourth-order valence-corrected chi connectivity index (χ4v) is 2.25. The second-order valence-corrected chi connectivity index (χ2v) is 6.88. The van der Waals surface area contributed by atoms with Gasteiger partial charge >= 0.3 is 6.09 Å². The molecule has 2 atom stereocenters. The number of carboxylic acid groups (broad SMARTS) is 1. The molecule has 20 heavy (non-hydrogen) atoms. The Morgan fingerprint density at radius 2 is 1.70 bits per heavy atom. The summed E-state index contributed by atoms with van der Waals surface area (Å²) in [6.07, 6.45) is 2.62. The molecule has 0 aromatic rings. The third-order valence-corrected chi connectivity index (χ3v) is 3.03. The fraction of sp³-hybridized carbons (Fsp3) is 0.867. The Labute approximate surface area is 122 Å². The largest absolute Gasteiger partial charge is 0.546 e.